The van der Waals surface area contributed by atoms with Crippen molar-refractivity contribution in [2.24, 2.45) is 5.73 Å². The monoisotopic (exact) mass is 394 g/mol. The van der Waals surface area contributed by atoms with Crippen LogP contribution in [0.15, 0.2) is 48.8 Å². The van der Waals surface area contributed by atoms with Crippen molar-refractivity contribution in [3.05, 3.63) is 65.6 Å². The van der Waals surface area contributed by atoms with E-state index >= 15 is 0 Å². The van der Waals surface area contributed by atoms with Gasteiger partial charge in [-0.15, -0.1) is 0 Å². The SMILES string of the molecule is CCCCCc1ccc(C(=O)Nc2sc(-c3ccncc3)nc2C(N)=O)cc1. The Morgan fingerprint density at radius 3 is 2.43 bits per heavy atom. The summed E-state index contributed by atoms with van der Waals surface area (Å²) in [6, 6.07) is 11.1. The standard InChI is InChI=1S/C21H22N4O2S/c1-2-3-4-5-14-6-8-15(9-7-14)19(27)25-21-17(18(22)26)24-20(28-21)16-10-12-23-13-11-16/h6-13H,2-5H2,1H3,(H2,22,26)(H,25,27). The topological polar surface area (TPSA) is 98.0 Å². The number of pyridine rings is 1. The highest BCUT2D eigenvalue weighted by Crippen LogP contribution is 2.32. The summed E-state index contributed by atoms with van der Waals surface area (Å²) in [5.41, 5.74) is 8.03. The lowest BCUT2D eigenvalue weighted by atomic mass is 10.1. The molecule has 28 heavy (non-hydrogen) atoms. The number of nitrogens with zero attached hydrogens (tertiary/aromatic N) is 2. The number of benzene rings is 1. The van der Waals surface area contributed by atoms with Crippen molar-refractivity contribution in [1.82, 2.24) is 9.97 Å². The molecule has 1 aromatic carbocycles. The first-order valence-electron chi connectivity index (χ1n) is 9.19. The molecule has 0 unspecified atom stereocenters. The molecule has 0 aliphatic heterocycles. The quantitative estimate of drug-likeness (QED) is 0.557. The van der Waals surface area contributed by atoms with Crippen molar-refractivity contribution < 1.29 is 9.59 Å². The van der Waals surface area contributed by atoms with Gasteiger partial charge in [0.05, 0.1) is 0 Å². The van der Waals surface area contributed by atoms with E-state index in [1.165, 1.54) is 29.7 Å². The van der Waals surface area contributed by atoms with Gasteiger partial charge < -0.3 is 11.1 Å². The van der Waals surface area contributed by atoms with Crippen LogP contribution in [0.3, 0.4) is 0 Å². The predicted octanol–water partition coefficient (Wildman–Crippen LogP) is 4.29. The molecule has 0 saturated carbocycles. The number of rotatable bonds is 8. The fourth-order valence-corrected chi connectivity index (χ4v) is 3.74. The molecule has 3 rings (SSSR count). The highest BCUT2D eigenvalue weighted by Gasteiger charge is 2.19. The third-order valence-electron chi connectivity index (χ3n) is 4.30. The van der Waals surface area contributed by atoms with E-state index < -0.39 is 5.91 Å². The number of unbranched alkanes of at least 4 members (excludes halogenated alkanes) is 2. The third kappa shape index (κ3) is 4.80. The second kappa shape index (κ2) is 9.23. The van der Waals surface area contributed by atoms with Gasteiger partial charge >= 0.3 is 0 Å². The van der Waals surface area contributed by atoms with E-state index in [-0.39, 0.29) is 11.6 Å². The molecule has 2 heterocycles. The fourth-order valence-electron chi connectivity index (χ4n) is 2.77. The van der Waals surface area contributed by atoms with Crippen LogP contribution in [0, 0.1) is 0 Å². The van der Waals surface area contributed by atoms with E-state index in [2.05, 4.69) is 22.2 Å². The average Bonchev–Trinajstić information content (AvgIpc) is 3.13. The van der Waals surface area contributed by atoms with Gasteiger partial charge in [0.2, 0.25) is 0 Å². The minimum Gasteiger partial charge on any atom is -0.364 e. The van der Waals surface area contributed by atoms with Crippen LogP contribution in [0.4, 0.5) is 5.00 Å². The summed E-state index contributed by atoms with van der Waals surface area (Å²) in [4.78, 5) is 32.6. The van der Waals surface area contributed by atoms with Gasteiger partial charge in [-0.1, -0.05) is 43.2 Å². The molecule has 0 spiro atoms. The van der Waals surface area contributed by atoms with Crippen molar-refractivity contribution in [2.45, 2.75) is 32.6 Å². The minimum absolute atomic E-state index is 0.0568. The number of nitrogens with two attached hydrogens (primary N) is 1. The molecule has 3 N–H and O–H groups in total. The summed E-state index contributed by atoms with van der Waals surface area (Å²) in [5, 5.41) is 3.71. The third-order valence-corrected chi connectivity index (χ3v) is 5.32. The van der Waals surface area contributed by atoms with Crippen LogP contribution in [0.25, 0.3) is 10.6 Å². The van der Waals surface area contributed by atoms with E-state index in [0.717, 1.165) is 18.4 Å². The van der Waals surface area contributed by atoms with Crippen LogP contribution in [0.2, 0.25) is 0 Å². The van der Waals surface area contributed by atoms with Crippen LogP contribution >= 0.6 is 11.3 Å². The van der Waals surface area contributed by atoms with Gasteiger partial charge in [-0.2, -0.15) is 0 Å². The average molecular weight is 395 g/mol. The Morgan fingerprint density at radius 2 is 1.79 bits per heavy atom. The number of hydrogen-bond donors (Lipinski definition) is 2. The summed E-state index contributed by atoms with van der Waals surface area (Å²) < 4.78 is 0. The molecule has 0 bridgehead atoms. The lowest BCUT2D eigenvalue weighted by molar-refractivity contribution is 0.0997. The smallest absolute Gasteiger partial charge is 0.270 e. The van der Waals surface area contributed by atoms with E-state index in [1.54, 1.807) is 36.7 Å². The van der Waals surface area contributed by atoms with Gasteiger partial charge in [0.15, 0.2) is 5.69 Å². The Morgan fingerprint density at radius 1 is 1.07 bits per heavy atom. The molecule has 2 aromatic heterocycles. The predicted molar refractivity (Wildman–Crippen MR) is 111 cm³/mol. The molecule has 0 aliphatic rings. The molecule has 0 saturated heterocycles. The Labute approximate surface area is 167 Å². The van der Waals surface area contributed by atoms with Gasteiger partial charge in [0.1, 0.15) is 10.0 Å². The Hall–Kier alpha value is -3.06. The number of thiazole rings is 1. The van der Waals surface area contributed by atoms with Crippen molar-refractivity contribution in [2.75, 3.05) is 5.32 Å². The number of carbonyl (C=O) groups is 2. The number of aromatic nitrogens is 2. The molecule has 0 aliphatic carbocycles. The van der Waals surface area contributed by atoms with Crippen LogP contribution in [0.5, 0.6) is 0 Å². The maximum Gasteiger partial charge on any atom is 0.270 e. The lowest BCUT2D eigenvalue weighted by Crippen LogP contribution is -2.17. The van der Waals surface area contributed by atoms with Crippen molar-refractivity contribution in [3.8, 4) is 10.6 Å². The van der Waals surface area contributed by atoms with Crippen molar-refractivity contribution in [1.29, 1.82) is 0 Å². The maximum atomic E-state index is 12.6. The first kappa shape index (κ1) is 19.7. The largest absolute Gasteiger partial charge is 0.364 e. The van der Waals surface area contributed by atoms with Crippen LogP contribution in [0.1, 0.15) is 52.6 Å². The zero-order chi connectivity index (χ0) is 19.9. The van der Waals surface area contributed by atoms with Crippen molar-refractivity contribution in [3.63, 3.8) is 0 Å². The van der Waals surface area contributed by atoms with Crippen molar-refractivity contribution >= 4 is 28.2 Å². The van der Waals surface area contributed by atoms with Gasteiger partial charge in [-0.3, -0.25) is 14.6 Å². The summed E-state index contributed by atoms with van der Waals surface area (Å²) >= 11 is 1.21. The number of nitrogens with one attached hydrogen (secondary N) is 1. The number of carbonyl (C=O) groups excluding carboxylic acids is 2. The zero-order valence-corrected chi connectivity index (χ0v) is 16.5. The fraction of sp³-hybridized carbons (Fsp3) is 0.238. The highest BCUT2D eigenvalue weighted by atomic mass is 32.1. The van der Waals surface area contributed by atoms with E-state index in [0.29, 0.717) is 15.6 Å². The second-order valence-corrected chi connectivity index (χ2v) is 7.40. The minimum atomic E-state index is -0.682. The van der Waals surface area contributed by atoms with E-state index in [1.807, 2.05) is 12.1 Å². The molecule has 144 valence electrons. The summed E-state index contributed by atoms with van der Waals surface area (Å²) in [7, 11) is 0. The molecule has 0 radical (unpaired) electrons. The molecule has 7 heteroatoms. The molecule has 3 aromatic rings. The Balaban J connectivity index is 1.76. The summed E-state index contributed by atoms with van der Waals surface area (Å²) in [6.07, 6.45) is 7.80. The van der Waals surface area contributed by atoms with Gasteiger partial charge in [0, 0.05) is 23.5 Å². The zero-order valence-electron chi connectivity index (χ0n) is 15.6. The van der Waals surface area contributed by atoms with Gasteiger partial charge in [-0.05, 0) is 42.7 Å². The number of anilines is 1. The Kier molecular flexibility index (Phi) is 6.49. The number of hydrogen-bond acceptors (Lipinski definition) is 5. The van der Waals surface area contributed by atoms with Crippen LogP contribution in [-0.2, 0) is 6.42 Å². The van der Waals surface area contributed by atoms with Crippen LogP contribution < -0.4 is 11.1 Å². The molecule has 6 nitrogen and oxygen atoms in total. The first-order valence-corrected chi connectivity index (χ1v) is 10.0. The van der Waals surface area contributed by atoms with E-state index in [4.69, 9.17) is 5.73 Å². The number of aryl methyl sites for hydroxylation is 1. The molecular formula is C21H22N4O2S. The molecule has 0 atom stereocenters. The highest BCUT2D eigenvalue weighted by molar-refractivity contribution is 7.19. The van der Waals surface area contributed by atoms with Crippen LogP contribution in [-0.4, -0.2) is 21.8 Å². The number of primary amides is 1. The summed E-state index contributed by atoms with van der Waals surface area (Å²) in [5.74, 6) is -0.981. The Bertz CT molecular complexity index is 952. The lowest BCUT2D eigenvalue weighted by Gasteiger charge is -2.05. The maximum absolute atomic E-state index is 12.6. The first-order chi connectivity index (χ1) is 13.6. The molecule has 0 fully saturated rings. The van der Waals surface area contributed by atoms with E-state index in [9.17, 15) is 9.59 Å². The number of amides is 2. The molecule has 2 amide bonds. The normalized spacial score (nSPS) is 10.6. The van der Waals surface area contributed by atoms with Gasteiger partial charge in [-0.25, -0.2) is 4.98 Å². The van der Waals surface area contributed by atoms with Gasteiger partial charge in [0.25, 0.3) is 11.8 Å². The molecular weight excluding hydrogens is 372 g/mol. The summed E-state index contributed by atoms with van der Waals surface area (Å²) in [6.45, 7) is 2.17. The second-order valence-electron chi connectivity index (χ2n) is 6.41.